The Morgan fingerprint density at radius 3 is 2.76 bits per heavy atom. The molecule has 0 radical (unpaired) electrons. The first-order chi connectivity index (χ1) is 16.1. The molecule has 0 bridgehead atoms. The zero-order valence-electron chi connectivity index (χ0n) is 19.3. The van der Waals surface area contributed by atoms with Crippen molar-refractivity contribution < 1.29 is 18.7 Å². The molecule has 0 spiro atoms. The van der Waals surface area contributed by atoms with Crippen molar-refractivity contribution in [1.29, 1.82) is 0 Å². The monoisotopic (exact) mass is 501 g/mol. The molecular weight excluding hydrogens is 474 g/mol. The van der Waals surface area contributed by atoms with Crippen molar-refractivity contribution in [3.05, 3.63) is 53.8 Å². The highest BCUT2D eigenvalue weighted by molar-refractivity contribution is 7.22. The number of methoxy groups -OCH3 is 1. The molecule has 1 aliphatic heterocycles. The van der Waals surface area contributed by atoms with Gasteiger partial charge in [-0.3, -0.25) is 14.6 Å². The number of anilines is 1. The van der Waals surface area contributed by atoms with Gasteiger partial charge in [0.25, 0.3) is 5.91 Å². The third-order valence-corrected chi connectivity index (χ3v) is 7.20. The highest BCUT2D eigenvalue weighted by Gasteiger charge is 2.25. The molecule has 180 valence electrons. The molecule has 5 rings (SSSR count). The predicted octanol–water partition coefficient (Wildman–Crippen LogP) is 5.15. The van der Waals surface area contributed by atoms with Crippen LogP contribution < -0.4 is 9.64 Å². The Morgan fingerprint density at radius 2 is 2.00 bits per heavy atom. The van der Waals surface area contributed by atoms with Crippen molar-refractivity contribution in [2.45, 2.75) is 13.3 Å². The van der Waals surface area contributed by atoms with Gasteiger partial charge in [-0.2, -0.15) is 0 Å². The van der Waals surface area contributed by atoms with Crippen LogP contribution in [0.1, 0.15) is 22.5 Å². The number of para-hydroxylation sites is 1. The highest BCUT2D eigenvalue weighted by Crippen LogP contribution is 2.37. The predicted molar refractivity (Wildman–Crippen MR) is 138 cm³/mol. The molecule has 0 unspecified atom stereocenters. The Bertz CT molecular complexity index is 1250. The van der Waals surface area contributed by atoms with Gasteiger partial charge in [0.15, 0.2) is 10.9 Å². The van der Waals surface area contributed by atoms with Gasteiger partial charge in [0.05, 0.1) is 25.0 Å². The van der Waals surface area contributed by atoms with Crippen molar-refractivity contribution in [2.75, 3.05) is 51.4 Å². The summed E-state index contributed by atoms with van der Waals surface area (Å²) in [4.78, 5) is 22.6. The van der Waals surface area contributed by atoms with E-state index in [9.17, 15) is 4.79 Å². The first-order valence-corrected chi connectivity index (χ1v) is 12.0. The van der Waals surface area contributed by atoms with Crippen molar-refractivity contribution in [1.82, 2.24) is 9.88 Å². The molecule has 2 aromatic carbocycles. The maximum atomic E-state index is 13.6. The van der Waals surface area contributed by atoms with E-state index in [2.05, 4.69) is 4.90 Å². The number of nitrogens with zero attached hydrogens (tertiary/aromatic N) is 3. The number of amides is 1. The fraction of sp³-hybridized carbons (Fsp3) is 0.360. The molecule has 0 N–H and O–H groups in total. The lowest BCUT2D eigenvalue weighted by atomic mass is 10.2. The smallest absolute Gasteiger partial charge is 0.295 e. The van der Waals surface area contributed by atoms with E-state index in [1.807, 2.05) is 49.4 Å². The molecule has 1 fully saturated rings. The summed E-state index contributed by atoms with van der Waals surface area (Å²) in [7, 11) is 1.64. The first-order valence-electron chi connectivity index (χ1n) is 11.2. The number of carbonyl (C=O) groups is 1. The van der Waals surface area contributed by atoms with Crippen LogP contribution in [0, 0.1) is 6.92 Å². The zero-order chi connectivity index (χ0) is 22.8. The van der Waals surface area contributed by atoms with E-state index in [0.29, 0.717) is 28.8 Å². The number of rotatable bonds is 7. The largest absolute Gasteiger partial charge is 0.494 e. The maximum absolute atomic E-state index is 13.6. The van der Waals surface area contributed by atoms with Crippen LogP contribution in [0.15, 0.2) is 46.9 Å². The van der Waals surface area contributed by atoms with Gasteiger partial charge >= 0.3 is 0 Å². The summed E-state index contributed by atoms with van der Waals surface area (Å²) < 4.78 is 17.9. The molecule has 1 saturated heterocycles. The summed E-state index contributed by atoms with van der Waals surface area (Å²) in [6.07, 6.45) is 0.831. The van der Waals surface area contributed by atoms with E-state index in [1.165, 1.54) is 11.3 Å². The number of fused-ring (bicyclic) bond motifs is 2. The molecule has 0 saturated carbocycles. The van der Waals surface area contributed by atoms with Gasteiger partial charge < -0.3 is 13.9 Å². The lowest BCUT2D eigenvalue weighted by molar-refractivity contribution is 0.0376. The van der Waals surface area contributed by atoms with Crippen LogP contribution in [0.3, 0.4) is 0 Å². The summed E-state index contributed by atoms with van der Waals surface area (Å²) in [6, 6.07) is 13.4. The minimum absolute atomic E-state index is 0. The molecular formula is C25H28ClN3O4S. The standard InChI is InChI=1S/C25H27N3O4S.ClH/c1-17-8-9-20(30-2)22-23(17)33-25(26-22)28(11-5-10-27-12-14-31-15-13-27)24(29)21-16-18-6-3-4-7-19(18)32-21;/h3-4,6-9,16H,5,10-15H2,1-2H3;1H. The third-order valence-electron chi connectivity index (χ3n) is 5.98. The van der Waals surface area contributed by atoms with E-state index in [4.69, 9.17) is 18.9 Å². The van der Waals surface area contributed by atoms with Gasteiger partial charge in [0.1, 0.15) is 16.8 Å². The van der Waals surface area contributed by atoms with E-state index in [1.54, 1.807) is 12.0 Å². The number of aromatic nitrogens is 1. The Hall–Kier alpha value is -2.65. The minimum Gasteiger partial charge on any atom is -0.494 e. The quantitative estimate of drug-likeness (QED) is 0.349. The van der Waals surface area contributed by atoms with E-state index in [0.717, 1.165) is 60.4 Å². The van der Waals surface area contributed by atoms with Crippen LogP contribution in [0.25, 0.3) is 21.2 Å². The van der Waals surface area contributed by atoms with Crippen LogP contribution in [-0.2, 0) is 4.74 Å². The van der Waals surface area contributed by atoms with E-state index < -0.39 is 0 Å². The number of aryl methyl sites for hydroxylation is 1. The molecule has 4 aromatic rings. The number of morpholine rings is 1. The molecule has 1 amide bonds. The zero-order valence-corrected chi connectivity index (χ0v) is 20.9. The number of halogens is 1. The lowest BCUT2D eigenvalue weighted by Gasteiger charge is -2.27. The molecule has 0 atom stereocenters. The third kappa shape index (κ3) is 4.90. The summed E-state index contributed by atoms with van der Waals surface area (Å²) in [6.45, 7) is 6.88. The molecule has 9 heteroatoms. The summed E-state index contributed by atoms with van der Waals surface area (Å²) in [5, 5.41) is 1.57. The average molecular weight is 502 g/mol. The molecule has 3 heterocycles. The van der Waals surface area contributed by atoms with Crippen LogP contribution in [0.2, 0.25) is 0 Å². The number of hydrogen-bond donors (Lipinski definition) is 0. The van der Waals surface area contributed by atoms with Gasteiger partial charge in [-0.05, 0) is 37.1 Å². The average Bonchev–Trinajstić information content (AvgIpc) is 3.48. The fourth-order valence-corrected chi connectivity index (χ4v) is 5.24. The second-order valence-electron chi connectivity index (χ2n) is 8.17. The number of hydrogen-bond acceptors (Lipinski definition) is 7. The topological polar surface area (TPSA) is 68.0 Å². The minimum atomic E-state index is -0.177. The van der Waals surface area contributed by atoms with Crippen LogP contribution in [0.4, 0.5) is 5.13 Å². The molecule has 34 heavy (non-hydrogen) atoms. The van der Waals surface area contributed by atoms with Crippen molar-refractivity contribution in [3.63, 3.8) is 0 Å². The second kappa shape index (κ2) is 10.7. The Labute approximate surface area is 208 Å². The van der Waals surface area contributed by atoms with E-state index >= 15 is 0 Å². The van der Waals surface area contributed by atoms with Gasteiger partial charge in [0, 0.05) is 31.6 Å². The highest BCUT2D eigenvalue weighted by atomic mass is 35.5. The SMILES string of the molecule is COc1ccc(C)c2sc(N(CCCN3CCOCC3)C(=O)c3cc4ccccc4o3)nc12.Cl. The first kappa shape index (κ1) is 24.5. The summed E-state index contributed by atoms with van der Waals surface area (Å²) in [5.74, 6) is 0.858. The van der Waals surface area contributed by atoms with Crippen LogP contribution in [0.5, 0.6) is 5.75 Å². The van der Waals surface area contributed by atoms with E-state index in [-0.39, 0.29) is 18.3 Å². The number of thiazole rings is 1. The fourth-order valence-electron chi connectivity index (χ4n) is 4.16. The number of benzene rings is 2. The Balaban J connectivity index is 0.00000274. The van der Waals surface area contributed by atoms with Gasteiger partial charge in [0.2, 0.25) is 0 Å². The lowest BCUT2D eigenvalue weighted by Crippen LogP contribution is -2.39. The summed E-state index contributed by atoms with van der Waals surface area (Å²) in [5.41, 5.74) is 2.60. The van der Waals surface area contributed by atoms with Crippen molar-refractivity contribution in [2.24, 2.45) is 0 Å². The van der Waals surface area contributed by atoms with Gasteiger partial charge in [-0.25, -0.2) is 4.98 Å². The molecule has 7 nitrogen and oxygen atoms in total. The number of carbonyl (C=O) groups excluding carboxylic acids is 1. The number of furan rings is 1. The molecule has 2 aromatic heterocycles. The number of ether oxygens (including phenoxy) is 2. The van der Waals surface area contributed by atoms with Gasteiger partial charge in [-0.1, -0.05) is 35.6 Å². The molecule has 0 aliphatic carbocycles. The van der Waals surface area contributed by atoms with Crippen molar-refractivity contribution in [3.8, 4) is 5.75 Å². The molecule has 1 aliphatic rings. The second-order valence-corrected chi connectivity index (χ2v) is 9.15. The Kier molecular flexibility index (Phi) is 7.73. The normalized spacial score (nSPS) is 14.3. The van der Waals surface area contributed by atoms with Gasteiger partial charge in [-0.15, -0.1) is 12.4 Å². The Morgan fingerprint density at radius 1 is 1.21 bits per heavy atom. The van der Waals surface area contributed by atoms with Crippen LogP contribution >= 0.6 is 23.7 Å². The summed E-state index contributed by atoms with van der Waals surface area (Å²) >= 11 is 1.52. The van der Waals surface area contributed by atoms with Crippen LogP contribution in [-0.4, -0.2) is 62.3 Å². The maximum Gasteiger partial charge on any atom is 0.295 e. The van der Waals surface area contributed by atoms with Crippen molar-refractivity contribution >= 4 is 56.0 Å².